The lowest BCUT2D eigenvalue weighted by Gasteiger charge is -2.27. The molecule has 0 unspecified atom stereocenters. The second-order valence-corrected chi connectivity index (χ2v) is 6.32. The van der Waals surface area contributed by atoms with Crippen molar-refractivity contribution < 1.29 is 9.59 Å². The maximum atomic E-state index is 12.5. The van der Waals surface area contributed by atoms with Crippen LogP contribution in [0.1, 0.15) is 36.8 Å². The van der Waals surface area contributed by atoms with Gasteiger partial charge in [0.15, 0.2) is 0 Å². The Morgan fingerprint density at radius 1 is 1.13 bits per heavy atom. The molecule has 1 aromatic carbocycles. The third-order valence-electron chi connectivity index (χ3n) is 4.75. The van der Waals surface area contributed by atoms with Crippen molar-refractivity contribution in [3.05, 3.63) is 42.0 Å². The first-order valence-corrected chi connectivity index (χ1v) is 8.28. The Kier molecular flexibility index (Phi) is 5.97. The van der Waals surface area contributed by atoms with Gasteiger partial charge in [0, 0.05) is 24.1 Å². The van der Waals surface area contributed by atoms with Crippen LogP contribution in [0.3, 0.4) is 0 Å². The molecule has 4 heteroatoms. The highest BCUT2D eigenvalue weighted by molar-refractivity contribution is 5.93. The first-order valence-electron chi connectivity index (χ1n) is 8.28. The Morgan fingerprint density at radius 2 is 1.74 bits per heavy atom. The number of benzene rings is 1. The fourth-order valence-electron chi connectivity index (χ4n) is 3.06. The smallest absolute Gasteiger partial charge is 0.227 e. The van der Waals surface area contributed by atoms with Gasteiger partial charge in [-0.15, -0.1) is 6.58 Å². The van der Waals surface area contributed by atoms with Gasteiger partial charge in [0.25, 0.3) is 0 Å². The van der Waals surface area contributed by atoms with Gasteiger partial charge in [0.2, 0.25) is 11.8 Å². The number of amides is 2. The Morgan fingerprint density at radius 3 is 2.35 bits per heavy atom. The summed E-state index contributed by atoms with van der Waals surface area (Å²) in [5, 5.41) is 5.89. The summed E-state index contributed by atoms with van der Waals surface area (Å²) in [6.07, 6.45) is 4.76. The zero-order chi connectivity index (χ0) is 16.8. The van der Waals surface area contributed by atoms with E-state index >= 15 is 0 Å². The minimum Gasteiger partial charge on any atom is -0.352 e. The van der Waals surface area contributed by atoms with Gasteiger partial charge in [0.05, 0.1) is 0 Å². The molecule has 4 nitrogen and oxygen atoms in total. The van der Waals surface area contributed by atoms with Gasteiger partial charge in [-0.05, 0) is 56.7 Å². The van der Waals surface area contributed by atoms with E-state index in [0.717, 1.165) is 36.9 Å². The van der Waals surface area contributed by atoms with Crippen LogP contribution in [0.4, 0.5) is 5.69 Å². The first kappa shape index (κ1) is 17.3. The molecular formula is C19H26N2O2. The molecule has 1 fully saturated rings. The van der Waals surface area contributed by atoms with E-state index < -0.39 is 0 Å². The molecule has 1 aliphatic carbocycles. The highest BCUT2D eigenvalue weighted by Crippen LogP contribution is 2.30. The van der Waals surface area contributed by atoms with Crippen LogP contribution in [-0.4, -0.2) is 18.4 Å². The molecule has 0 saturated heterocycles. The first-order chi connectivity index (χ1) is 11.0. The monoisotopic (exact) mass is 314 g/mol. The van der Waals surface area contributed by atoms with Crippen LogP contribution in [0, 0.1) is 25.7 Å². The standard InChI is InChI=1S/C19H26N2O2/c1-4-12-20-18(22)15-8-10-16(11-9-15)19(23)21-17-7-5-6-13(2)14(17)3/h4-7,15-16H,1,8-12H2,2-3H3,(H,20,22)(H,21,23). The molecule has 0 spiro atoms. The maximum absolute atomic E-state index is 12.5. The summed E-state index contributed by atoms with van der Waals surface area (Å²) in [5.41, 5.74) is 3.17. The molecule has 0 heterocycles. The molecule has 1 aromatic rings. The number of carbonyl (C=O) groups excluding carboxylic acids is 2. The van der Waals surface area contributed by atoms with Gasteiger partial charge in [-0.3, -0.25) is 9.59 Å². The quantitative estimate of drug-likeness (QED) is 0.819. The Labute approximate surface area is 138 Å². The molecular weight excluding hydrogens is 288 g/mol. The highest BCUT2D eigenvalue weighted by Gasteiger charge is 2.29. The summed E-state index contributed by atoms with van der Waals surface area (Å²) < 4.78 is 0. The van der Waals surface area contributed by atoms with Crippen molar-refractivity contribution in [1.82, 2.24) is 5.32 Å². The fraction of sp³-hybridized carbons (Fsp3) is 0.474. The largest absolute Gasteiger partial charge is 0.352 e. The lowest BCUT2D eigenvalue weighted by atomic mass is 9.81. The maximum Gasteiger partial charge on any atom is 0.227 e. The van der Waals surface area contributed by atoms with Gasteiger partial charge < -0.3 is 10.6 Å². The molecule has 0 bridgehead atoms. The molecule has 0 radical (unpaired) electrons. The predicted octanol–water partition coefficient (Wildman–Crippen LogP) is 3.35. The number of aryl methyl sites for hydroxylation is 1. The highest BCUT2D eigenvalue weighted by atomic mass is 16.2. The zero-order valence-corrected chi connectivity index (χ0v) is 14.0. The predicted molar refractivity (Wildman–Crippen MR) is 93.2 cm³/mol. The average Bonchev–Trinajstić information content (AvgIpc) is 2.57. The number of rotatable bonds is 5. The van der Waals surface area contributed by atoms with E-state index in [1.165, 1.54) is 5.56 Å². The van der Waals surface area contributed by atoms with E-state index in [9.17, 15) is 9.59 Å². The number of anilines is 1. The van der Waals surface area contributed by atoms with Crippen molar-refractivity contribution in [2.75, 3.05) is 11.9 Å². The van der Waals surface area contributed by atoms with E-state index in [1.54, 1.807) is 6.08 Å². The van der Waals surface area contributed by atoms with Gasteiger partial charge in [-0.1, -0.05) is 18.2 Å². The SMILES string of the molecule is C=CCNC(=O)C1CCC(C(=O)Nc2cccc(C)c2C)CC1. The van der Waals surface area contributed by atoms with Crippen LogP contribution in [-0.2, 0) is 9.59 Å². The Hall–Kier alpha value is -2.10. The van der Waals surface area contributed by atoms with Crippen molar-refractivity contribution in [3.63, 3.8) is 0 Å². The van der Waals surface area contributed by atoms with E-state index in [-0.39, 0.29) is 23.7 Å². The molecule has 0 aromatic heterocycles. The molecule has 1 aliphatic rings. The summed E-state index contributed by atoms with van der Waals surface area (Å²) in [6.45, 7) is 8.16. The van der Waals surface area contributed by atoms with Crippen LogP contribution in [0.25, 0.3) is 0 Å². The number of carbonyl (C=O) groups is 2. The van der Waals surface area contributed by atoms with Crippen molar-refractivity contribution in [2.24, 2.45) is 11.8 Å². The zero-order valence-electron chi connectivity index (χ0n) is 14.0. The van der Waals surface area contributed by atoms with Gasteiger partial charge >= 0.3 is 0 Å². The normalized spacial score (nSPS) is 20.6. The van der Waals surface area contributed by atoms with E-state index in [1.807, 2.05) is 32.0 Å². The minimum absolute atomic E-state index is 0.00151. The Balaban J connectivity index is 1.87. The lowest BCUT2D eigenvalue weighted by Crippen LogP contribution is -2.35. The van der Waals surface area contributed by atoms with Gasteiger partial charge in [-0.2, -0.15) is 0 Å². The third kappa shape index (κ3) is 4.44. The number of hydrogen-bond donors (Lipinski definition) is 2. The number of hydrogen-bond acceptors (Lipinski definition) is 2. The Bertz CT molecular complexity index is 587. The molecule has 0 aliphatic heterocycles. The van der Waals surface area contributed by atoms with E-state index in [4.69, 9.17) is 0 Å². The summed E-state index contributed by atoms with van der Waals surface area (Å²) in [7, 11) is 0. The molecule has 2 N–H and O–H groups in total. The van der Waals surface area contributed by atoms with Crippen LogP contribution in [0.2, 0.25) is 0 Å². The summed E-state index contributed by atoms with van der Waals surface area (Å²) in [5.74, 6) is 0.181. The lowest BCUT2D eigenvalue weighted by molar-refractivity contribution is -0.128. The van der Waals surface area contributed by atoms with Crippen molar-refractivity contribution >= 4 is 17.5 Å². The summed E-state index contributed by atoms with van der Waals surface area (Å²) in [4.78, 5) is 24.4. The van der Waals surface area contributed by atoms with Crippen LogP contribution in [0.5, 0.6) is 0 Å². The minimum atomic E-state index is -0.00151. The van der Waals surface area contributed by atoms with E-state index in [2.05, 4.69) is 17.2 Å². The fourth-order valence-corrected chi connectivity index (χ4v) is 3.06. The van der Waals surface area contributed by atoms with Gasteiger partial charge in [-0.25, -0.2) is 0 Å². The summed E-state index contributed by atoms with van der Waals surface area (Å²) in [6, 6.07) is 5.94. The third-order valence-corrected chi connectivity index (χ3v) is 4.75. The van der Waals surface area contributed by atoms with Gasteiger partial charge in [0.1, 0.15) is 0 Å². The molecule has 23 heavy (non-hydrogen) atoms. The van der Waals surface area contributed by atoms with Crippen LogP contribution >= 0.6 is 0 Å². The topological polar surface area (TPSA) is 58.2 Å². The number of nitrogens with one attached hydrogen (secondary N) is 2. The van der Waals surface area contributed by atoms with Crippen molar-refractivity contribution in [1.29, 1.82) is 0 Å². The van der Waals surface area contributed by atoms with Crippen molar-refractivity contribution in [3.8, 4) is 0 Å². The van der Waals surface area contributed by atoms with Crippen molar-refractivity contribution in [2.45, 2.75) is 39.5 Å². The van der Waals surface area contributed by atoms with Crippen LogP contribution in [0.15, 0.2) is 30.9 Å². The average molecular weight is 314 g/mol. The van der Waals surface area contributed by atoms with E-state index in [0.29, 0.717) is 6.54 Å². The second kappa shape index (κ2) is 7.95. The molecule has 124 valence electrons. The molecule has 1 saturated carbocycles. The molecule has 2 rings (SSSR count). The van der Waals surface area contributed by atoms with Crippen LogP contribution < -0.4 is 10.6 Å². The molecule has 2 amide bonds. The summed E-state index contributed by atoms with van der Waals surface area (Å²) >= 11 is 0. The second-order valence-electron chi connectivity index (χ2n) is 6.32. The molecule has 0 atom stereocenters.